The lowest BCUT2D eigenvalue weighted by Crippen LogP contribution is -2.48. The molecule has 4 aromatic rings. The first-order valence-corrected chi connectivity index (χ1v) is 12.6. The van der Waals surface area contributed by atoms with Gasteiger partial charge in [-0.3, -0.25) is 24.6 Å². The number of aromatic nitrogens is 1. The van der Waals surface area contributed by atoms with Gasteiger partial charge < -0.3 is 9.47 Å². The van der Waals surface area contributed by atoms with Gasteiger partial charge in [0.25, 0.3) is 11.6 Å². The van der Waals surface area contributed by atoms with Gasteiger partial charge in [-0.2, -0.15) is 0 Å². The number of benzene rings is 3. The second-order valence-electron chi connectivity index (χ2n) is 9.79. The molecule has 3 aromatic carbocycles. The molecule has 198 valence electrons. The Kier molecular flexibility index (Phi) is 6.74. The Morgan fingerprint density at radius 2 is 1.69 bits per heavy atom. The minimum absolute atomic E-state index is 0.136. The highest BCUT2D eigenvalue weighted by Gasteiger charge is 2.37. The number of halogens is 1. The fourth-order valence-corrected chi connectivity index (χ4v) is 5.04. The zero-order valence-corrected chi connectivity index (χ0v) is 21.7. The minimum Gasteiger partial charge on any atom is -0.327 e. The number of nitro benzene ring substituents is 1. The molecule has 0 saturated carbocycles. The van der Waals surface area contributed by atoms with E-state index in [9.17, 15) is 24.1 Å². The zero-order chi connectivity index (χ0) is 27.8. The van der Waals surface area contributed by atoms with E-state index in [1.165, 1.54) is 35.2 Å². The second kappa shape index (κ2) is 10.2. The lowest BCUT2D eigenvalue weighted by atomic mass is 9.97. The monoisotopic (exact) mass is 526 g/mol. The summed E-state index contributed by atoms with van der Waals surface area (Å²) in [7, 11) is 0. The summed E-state index contributed by atoms with van der Waals surface area (Å²) in [6, 6.07) is 20.7. The lowest BCUT2D eigenvalue weighted by Gasteiger charge is -2.40. The zero-order valence-electron chi connectivity index (χ0n) is 21.7. The third-order valence-electron chi connectivity index (χ3n) is 7.02. The van der Waals surface area contributed by atoms with E-state index in [2.05, 4.69) is 0 Å². The molecule has 2 heterocycles. The fourth-order valence-electron chi connectivity index (χ4n) is 5.04. The molecule has 0 N–H and O–H groups in total. The Hall–Kier alpha value is -4.79. The Labute approximate surface area is 225 Å². The van der Waals surface area contributed by atoms with Crippen LogP contribution in [0.2, 0.25) is 0 Å². The van der Waals surface area contributed by atoms with Gasteiger partial charge in [0.05, 0.1) is 22.0 Å². The van der Waals surface area contributed by atoms with Crippen molar-refractivity contribution in [1.29, 1.82) is 0 Å². The number of hydrogen-bond donors (Lipinski definition) is 0. The molecular weight excluding hydrogens is 499 g/mol. The van der Waals surface area contributed by atoms with Crippen LogP contribution in [0.1, 0.15) is 47.1 Å². The molecule has 5 rings (SSSR count). The standard InChI is InChI=1S/C30H27FN4O4/c1-19(2)33(30(37)22-11-10-20(3)27(17-22)35(38)39)18-28(36)34-25-8-5-4-7-24(25)32-16-6-9-26(32)29(34)21-12-14-23(31)15-13-21/h4-17,19,29H,18H2,1-3H3/t29-/m1/s1. The number of hydrogen-bond acceptors (Lipinski definition) is 4. The number of amides is 2. The van der Waals surface area contributed by atoms with Gasteiger partial charge in [-0.15, -0.1) is 0 Å². The number of para-hydroxylation sites is 2. The van der Waals surface area contributed by atoms with Crippen LogP contribution in [0.4, 0.5) is 15.8 Å². The van der Waals surface area contributed by atoms with E-state index >= 15 is 0 Å². The van der Waals surface area contributed by atoms with Gasteiger partial charge in [0.1, 0.15) is 18.4 Å². The molecule has 39 heavy (non-hydrogen) atoms. The summed E-state index contributed by atoms with van der Waals surface area (Å²) in [4.78, 5) is 41.7. The van der Waals surface area contributed by atoms with Crippen molar-refractivity contribution in [3.05, 3.63) is 123 Å². The summed E-state index contributed by atoms with van der Waals surface area (Å²) >= 11 is 0. The molecule has 8 nitrogen and oxygen atoms in total. The molecule has 9 heteroatoms. The molecule has 1 aliphatic heterocycles. The van der Waals surface area contributed by atoms with Crippen LogP contribution in [-0.4, -0.2) is 38.8 Å². The van der Waals surface area contributed by atoms with Gasteiger partial charge in [-0.05, 0) is 68.8 Å². The van der Waals surface area contributed by atoms with Crippen molar-refractivity contribution in [3.63, 3.8) is 0 Å². The highest BCUT2D eigenvalue weighted by Crippen LogP contribution is 2.42. The van der Waals surface area contributed by atoms with Crippen molar-refractivity contribution in [2.45, 2.75) is 32.9 Å². The summed E-state index contributed by atoms with van der Waals surface area (Å²) in [5, 5.41) is 11.5. The number of carbonyl (C=O) groups is 2. The van der Waals surface area contributed by atoms with E-state index in [0.29, 0.717) is 11.3 Å². The third kappa shape index (κ3) is 4.67. The van der Waals surface area contributed by atoms with Crippen LogP contribution in [0.25, 0.3) is 5.69 Å². The van der Waals surface area contributed by atoms with Crippen LogP contribution in [0.5, 0.6) is 0 Å². The van der Waals surface area contributed by atoms with Crippen LogP contribution in [0.15, 0.2) is 85.1 Å². The fraction of sp³-hybridized carbons (Fsp3) is 0.200. The maximum atomic E-state index is 14.2. The molecule has 0 saturated heterocycles. The Bertz CT molecular complexity index is 1580. The van der Waals surface area contributed by atoms with Crippen molar-refractivity contribution in [3.8, 4) is 5.69 Å². The molecule has 1 atom stereocenters. The predicted molar refractivity (Wildman–Crippen MR) is 146 cm³/mol. The summed E-state index contributed by atoms with van der Waals surface area (Å²) in [6.45, 7) is 4.93. The van der Waals surface area contributed by atoms with Crippen LogP contribution in [0.3, 0.4) is 0 Å². The van der Waals surface area contributed by atoms with Crippen molar-refractivity contribution in [1.82, 2.24) is 9.47 Å². The van der Waals surface area contributed by atoms with E-state index in [1.807, 2.05) is 47.2 Å². The van der Waals surface area contributed by atoms with E-state index in [4.69, 9.17) is 0 Å². The molecule has 1 aromatic heterocycles. The first kappa shape index (κ1) is 25.8. The van der Waals surface area contributed by atoms with Crippen molar-refractivity contribution in [2.24, 2.45) is 0 Å². The molecular formula is C30H27FN4O4. The number of nitrogens with zero attached hydrogens (tertiary/aromatic N) is 4. The molecule has 0 radical (unpaired) electrons. The molecule has 0 aliphatic carbocycles. The summed E-state index contributed by atoms with van der Waals surface area (Å²) in [5.41, 5.74) is 3.43. The molecule has 2 amide bonds. The predicted octanol–water partition coefficient (Wildman–Crippen LogP) is 5.82. The average Bonchev–Trinajstić information content (AvgIpc) is 3.41. The number of aryl methyl sites for hydroxylation is 1. The Balaban J connectivity index is 1.56. The lowest BCUT2D eigenvalue weighted by molar-refractivity contribution is -0.385. The highest BCUT2D eigenvalue weighted by molar-refractivity contribution is 6.03. The Morgan fingerprint density at radius 1 is 1.00 bits per heavy atom. The smallest absolute Gasteiger partial charge is 0.273 e. The van der Waals surface area contributed by atoms with Crippen LogP contribution in [0, 0.1) is 22.9 Å². The number of carbonyl (C=O) groups excluding carboxylic acids is 2. The Morgan fingerprint density at radius 3 is 2.36 bits per heavy atom. The van der Waals surface area contributed by atoms with E-state index < -0.39 is 16.9 Å². The minimum atomic E-state index is -0.562. The van der Waals surface area contributed by atoms with E-state index in [-0.39, 0.29) is 35.6 Å². The second-order valence-corrected chi connectivity index (χ2v) is 9.79. The van der Waals surface area contributed by atoms with Crippen molar-refractivity contribution >= 4 is 23.2 Å². The van der Waals surface area contributed by atoms with Crippen molar-refractivity contribution in [2.75, 3.05) is 11.4 Å². The van der Waals surface area contributed by atoms with Gasteiger partial charge in [0.15, 0.2) is 0 Å². The molecule has 0 unspecified atom stereocenters. The van der Waals surface area contributed by atoms with Gasteiger partial charge in [0.2, 0.25) is 5.91 Å². The van der Waals surface area contributed by atoms with E-state index in [1.54, 1.807) is 37.8 Å². The van der Waals surface area contributed by atoms with E-state index in [0.717, 1.165) is 16.9 Å². The summed E-state index contributed by atoms with van der Waals surface area (Å²) in [5.74, 6) is -1.20. The maximum Gasteiger partial charge on any atom is 0.273 e. The molecule has 1 aliphatic rings. The van der Waals surface area contributed by atoms with Crippen LogP contribution in [-0.2, 0) is 4.79 Å². The number of anilines is 1. The van der Waals surface area contributed by atoms with Crippen molar-refractivity contribution < 1.29 is 18.9 Å². The van der Waals surface area contributed by atoms with Gasteiger partial charge in [-0.25, -0.2) is 4.39 Å². The topological polar surface area (TPSA) is 88.7 Å². The first-order valence-electron chi connectivity index (χ1n) is 12.6. The number of rotatable bonds is 6. The van der Waals surface area contributed by atoms with Crippen LogP contribution >= 0.6 is 0 Å². The maximum absolute atomic E-state index is 14.2. The first-order chi connectivity index (χ1) is 18.7. The third-order valence-corrected chi connectivity index (χ3v) is 7.02. The molecule has 0 bridgehead atoms. The largest absolute Gasteiger partial charge is 0.327 e. The van der Waals surface area contributed by atoms with Gasteiger partial charge in [0, 0.05) is 29.4 Å². The molecule has 0 fully saturated rings. The quantitative estimate of drug-likeness (QED) is 0.234. The average molecular weight is 527 g/mol. The normalized spacial score (nSPS) is 14.1. The van der Waals surface area contributed by atoms with Gasteiger partial charge in [-0.1, -0.05) is 30.3 Å². The highest BCUT2D eigenvalue weighted by atomic mass is 19.1. The molecule has 0 spiro atoms. The van der Waals surface area contributed by atoms with Crippen LogP contribution < -0.4 is 4.90 Å². The summed E-state index contributed by atoms with van der Waals surface area (Å²) < 4.78 is 15.8. The van der Waals surface area contributed by atoms with Gasteiger partial charge >= 0.3 is 0 Å². The summed E-state index contributed by atoms with van der Waals surface area (Å²) in [6.07, 6.45) is 1.92. The number of fused-ring (bicyclic) bond motifs is 3. The number of nitro groups is 1. The SMILES string of the molecule is Cc1ccc(C(=O)N(CC(=O)N2c3ccccc3-n3cccc3[C@H]2c2ccc(F)cc2)C(C)C)cc1[N+](=O)[O-].